The zero-order valence-electron chi connectivity index (χ0n) is 12.0. The van der Waals surface area contributed by atoms with Crippen LogP contribution in [0.1, 0.15) is 52.9 Å². The van der Waals surface area contributed by atoms with E-state index in [0.717, 1.165) is 19.3 Å². The molecule has 5 atom stereocenters. The van der Waals surface area contributed by atoms with Gasteiger partial charge in [0, 0.05) is 16.4 Å². The maximum Gasteiger partial charge on any atom is 0.334 e. The Bertz CT molecular complexity index is 512. The molecule has 4 aliphatic rings. The van der Waals surface area contributed by atoms with E-state index in [-0.39, 0.29) is 34.1 Å². The highest BCUT2D eigenvalue weighted by Crippen LogP contribution is 2.75. The molecule has 19 heavy (non-hydrogen) atoms. The monoisotopic (exact) mass is 262 g/mol. The minimum absolute atomic E-state index is 0.1000. The van der Waals surface area contributed by atoms with Crippen LogP contribution in [0.2, 0.25) is 0 Å². The van der Waals surface area contributed by atoms with Gasteiger partial charge in [0.25, 0.3) is 0 Å². The molecule has 1 spiro atoms. The lowest BCUT2D eigenvalue weighted by molar-refractivity contribution is -0.153. The van der Waals surface area contributed by atoms with Crippen LogP contribution in [-0.4, -0.2) is 23.3 Å². The number of carbonyl (C=O) groups is 1. The molecular weight excluding hydrogens is 240 g/mol. The number of rotatable bonds is 0. The first kappa shape index (κ1) is 12.0. The average molecular weight is 262 g/mol. The van der Waals surface area contributed by atoms with E-state index in [0.29, 0.717) is 5.57 Å². The Labute approximate surface area is 114 Å². The third-order valence-corrected chi connectivity index (χ3v) is 6.71. The van der Waals surface area contributed by atoms with Gasteiger partial charge in [-0.1, -0.05) is 20.4 Å². The maximum atomic E-state index is 12.0. The highest BCUT2D eigenvalue weighted by Gasteiger charge is 2.85. The molecule has 4 rings (SSSR count). The van der Waals surface area contributed by atoms with Gasteiger partial charge < -0.3 is 9.47 Å². The number of epoxide rings is 1. The van der Waals surface area contributed by atoms with Crippen LogP contribution in [0.15, 0.2) is 12.2 Å². The molecule has 0 radical (unpaired) electrons. The first-order valence-electron chi connectivity index (χ1n) is 7.40. The quantitative estimate of drug-likeness (QED) is 0.383. The van der Waals surface area contributed by atoms with E-state index >= 15 is 0 Å². The van der Waals surface area contributed by atoms with Crippen molar-refractivity contribution in [3.05, 3.63) is 12.2 Å². The smallest absolute Gasteiger partial charge is 0.334 e. The van der Waals surface area contributed by atoms with Gasteiger partial charge in [-0.2, -0.15) is 0 Å². The summed E-state index contributed by atoms with van der Waals surface area (Å²) in [6.45, 7) is 10.7. The molecule has 0 aromatic rings. The Morgan fingerprint density at radius 3 is 2.63 bits per heavy atom. The molecule has 3 unspecified atom stereocenters. The minimum atomic E-state index is -0.264. The molecule has 2 aliphatic carbocycles. The molecule has 0 aromatic heterocycles. The summed E-state index contributed by atoms with van der Waals surface area (Å²) in [7, 11) is 0. The summed E-state index contributed by atoms with van der Waals surface area (Å²) in [5.41, 5.74) is 0.204. The lowest BCUT2D eigenvalue weighted by Crippen LogP contribution is -2.60. The number of carbonyl (C=O) groups excluding carboxylic acids is 1. The van der Waals surface area contributed by atoms with Gasteiger partial charge in [-0.25, -0.2) is 4.79 Å². The number of hydrogen-bond donors (Lipinski definition) is 0. The Kier molecular flexibility index (Phi) is 1.84. The summed E-state index contributed by atoms with van der Waals surface area (Å²) in [5.74, 6) is -0.213. The summed E-state index contributed by atoms with van der Waals surface area (Å²) in [6, 6.07) is 0. The molecule has 4 fully saturated rings. The van der Waals surface area contributed by atoms with Crippen molar-refractivity contribution in [2.24, 2.45) is 10.8 Å². The SMILES string of the molecule is C=C1C(=O)O[C@@H]2C1(C)CC[C@@]1(C)CCCC3(C)OC231. The standard InChI is InChI=1S/C16H22O3/c1-10-11(17)18-12-14(10,3)9-8-13(2)6-5-7-15(4)16(12,13)19-15/h12H,1,5-9H2,2-4H3/t12-,13-,14?,15?,16?/m1/s1. The van der Waals surface area contributed by atoms with E-state index in [9.17, 15) is 4.79 Å². The van der Waals surface area contributed by atoms with E-state index in [1.165, 1.54) is 12.8 Å². The Morgan fingerprint density at radius 2 is 1.89 bits per heavy atom. The number of hydrogen-bond acceptors (Lipinski definition) is 3. The summed E-state index contributed by atoms with van der Waals surface area (Å²) < 4.78 is 12.1. The van der Waals surface area contributed by atoms with E-state index in [1.807, 2.05) is 0 Å². The molecule has 2 saturated carbocycles. The molecular formula is C16H22O3. The van der Waals surface area contributed by atoms with Crippen LogP contribution < -0.4 is 0 Å². The second-order valence-corrected chi connectivity index (χ2v) is 7.66. The van der Waals surface area contributed by atoms with Crippen LogP contribution >= 0.6 is 0 Å². The predicted octanol–water partition coefficient (Wildman–Crippen LogP) is 2.99. The fourth-order valence-corrected chi connectivity index (χ4v) is 5.34. The van der Waals surface area contributed by atoms with Gasteiger partial charge in [0.1, 0.15) is 11.7 Å². The predicted molar refractivity (Wildman–Crippen MR) is 70.5 cm³/mol. The van der Waals surface area contributed by atoms with Crippen molar-refractivity contribution in [2.45, 2.75) is 70.2 Å². The summed E-state index contributed by atoms with van der Waals surface area (Å²) in [6.07, 6.45) is 5.43. The Balaban J connectivity index is 1.87. The van der Waals surface area contributed by atoms with E-state index in [2.05, 4.69) is 27.4 Å². The van der Waals surface area contributed by atoms with Crippen LogP contribution in [0.4, 0.5) is 0 Å². The molecule has 0 amide bonds. The molecule has 2 heterocycles. The van der Waals surface area contributed by atoms with Gasteiger partial charge in [0.15, 0.2) is 0 Å². The van der Waals surface area contributed by atoms with Crippen molar-refractivity contribution in [3.8, 4) is 0 Å². The number of fused-ring (bicyclic) bond motifs is 1. The van der Waals surface area contributed by atoms with Crippen molar-refractivity contribution in [3.63, 3.8) is 0 Å². The van der Waals surface area contributed by atoms with Crippen LogP contribution in [-0.2, 0) is 14.3 Å². The van der Waals surface area contributed by atoms with Gasteiger partial charge >= 0.3 is 5.97 Å². The first-order chi connectivity index (χ1) is 8.79. The Hall–Kier alpha value is -0.830. The van der Waals surface area contributed by atoms with Crippen LogP contribution in [0, 0.1) is 10.8 Å². The molecule has 0 N–H and O–H groups in total. The average Bonchev–Trinajstić information content (AvgIpc) is 2.92. The van der Waals surface area contributed by atoms with Gasteiger partial charge in [-0.05, 0) is 39.0 Å². The molecule has 3 heteroatoms. The zero-order valence-corrected chi connectivity index (χ0v) is 12.0. The van der Waals surface area contributed by atoms with E-state index in [1.54, 1.807) is 0 Å². The minimum Gasteiger partial charge on any atom is -0.455 e. The molecule has 2 saturated heterocycles. The lowest BCUT2D eigenvalue weighted by Gasteiger charge is -2.52. The largest absolute Gasteiger partial charge is 0.455 e. The summed E-state index contributed by atoms with van der Waals surface area (Å²) in [4.78, 5) is 12.0. The van der Waals surface area contributed by atoms with Gasteiger partial charge in [0.2, 0.25) is 0 Å². The van der Waals surface area contributed by atoms with E-state index < -0.39 is 0 Å². The highest BCUT2D eigenvalue weighted by molar-refractivity contribution is 5.92. The van der Waals surface area contributed by atoms with Crippen LogP contribution in [0.5, 0.6) is 0 Å². The van der Waals surface area contributed by atoms with Crippen molar-refractivity contribution in [1.29, 1.82) is 0 Å². The summed E-state index contributed by atoms with van der Waals surface area (Å²) in [5, 5.41) is 0. The normalized spacial score (nSPS) is 59.0. The topological polar surface area (TPSA) is 38.8 Å². The number of ether oxygens (including phenoxy) is 2. The van der Waals surface area contributed by atoms with Gasteiger partial charge in [-0.15, -0.1) is 0 Å². The molecule has 2 aliphatic heterocycles. The molecule has 104 valence electrons. The van der Waals surface area contributed by atoms with Gasteiger partial charge in [0.05, 0.1) is 5.60 Å². The van der Waals surface area contributed by atoms with Crippen molar-refractivity contribution in [2.75, 3.05) is 0 Å². The van der Waals surface area contributed by atoms with Gasteiger partial charge in [-0.3, -0.25) is 0 Å². The zero-order chi connectivity index (χ0) is 13.7. The third kappa shape index (κ3) is 1.02. The molecule has 0 aromatic carbocycles. The fraction of sp³-hybridized carbons (Fsp3) is 0.812. The van der Waals surface area contributed by atoms with E-state index in [4.69, 9.17) is 9.47 Å². The maximum absolute atomic E-state index is 12.0. The number of esters is 1. The summed E-state index contributed by atoms with van der Waals surface area (Å²) >= 11 is 0. The highest BCUT2D eigenvalue weighted by atomic mass is 16.7. The molecule has 3 nitrogen and oxygen atoms in total. The second kappa shape index (κ2) is 2.93. The fourth-order valence-electron chi connectivity index (χ4n) is 5.34. The lowest BCUT2D eigenvalue weighted by atomic mass is 9.50. The van der Waals surface area contributed by atoms with Crippen LogP contribution in [0.25, 0.3) is 0 Å². The van der Waals surface area contributed by atoms with Crippen molar-refractivity contribution in [1.82, 2.24) is 0 Å². The van der Waals surface area contributed by atoms with Crippen LogP contribution in [0.3, 0.4) is 0 Å². The third-order valence-electron chi connectivity index (χ3n) is 6.71. The van der Waals surface area contributed by atoms with Crippen molar-refractivity contribution >= 4 is 5.97 Å². The molecule has 0 bridgehead atoms. The first-order valence-corrected chi connectivity index (χ1v) is 7.40. The van der Waals surface area contributed by atoms with Crippen molar-refractivity contribution < 1.29 is 14.3 Å². The second-order valence-electron chi connectivity index (χ2n) is 7.66. The Morgan fingerprint density at radius 1 is 1.16 bits per heavy atom.